The summed E-state index contributed by atoms with van der Waals surface area (Å²) in [6, 6.07) is 9.63. The van der Waals surface area contributed by atoms with E-state index in [4.69, 9.17) is 4.74 Å². The first-order valence-electron chi connectivity index (χ1n) is 8.58. The van der Waals surface area contributed by atoms with Gasteiger partial charge in [-0.2, -0.15) is 0 Å². The Balaban J connectivity index is 2.09. The number of esters is 1. The molecule has 1 heterocycles. The Morgan fingerprint density at radius 3 is 2.26 bits per heavy atom. The minimum atomic E-state index is -0.682. The summed E-state index contributed by atoms with van der Waals surface area (Å²) in [6.07, 6.45) is 2.04. The molecule has 0 aliphatic carbocycles. The van der Waals surface area contributed by atoms with Crippen molar-refractivity contribution in [2.45, 2.75) is 52.1 Å². The highest BCUT2D eigenvalue weighted by molar-refractivity contribution is 5.86. The van der Waals surface area contributed by atoms with Crippen molar-refractivity contribution in [3.05, 3.63) is 35.9 Å². The van der Waals surface area contributed by atoms with Crippen molar-refractivity contribution in [1.82, 2.24) is 4.90 Å². The van der Waals surface area contributed by atoms with Crippen molar-refractivity contribution in [1.29, 1.82) is 0 Å². The molecular weight excluding hydrogens is 290 g/mol. The lowest BCUT2D eigenvalue weighted by atomic mass is 9.96. The maximum absolute atomic E-state index is 12.6. The highest BCUT2D eigenvalue weighted by atomic mass is 16.5. The molecule has 1 saturated heterocycles. The monoisotopic (exact) mass is 317 g/mol. The highest BCUT2D eigenvalue weighted by Crippen LogP contribution is 2.24. The van der Waals surface area contributed by atoms with E-state index < -0.39 is 6.10 Å². The van der Waals surface area contributed by atoms with Crippen LogP contribution in [0.25, 0.3) is 0 Å². The molecular formula is C19H27NO3. The van der Waals surface area contributed by atoms with Crippen LogP contribution in [0.2, 0.25) is 0 Å². The van der Waals surface area contributed by atoms with Gasteiger partial charge in [-0.15, -0.1) is 0 Å². The second kappa shape index (κ2) is 8.14. The van der Waals surface area contributed by atoms with E-state index in [1.807, 2.05) is 56.0 Å². The smallest absolute Gasteiger partial charge is 0.314 e. The van der Waals surface area contributed by atoms with Gasteiger partial charge in [0, 0.05) is 13.1 Å². The van der Waals surface area contributed by atoms with E-state index in [0.29, 0.717) is 6.42 Å². The van der Waals surface area contributed by atoms with Crippen molar-refractivity contribution in [3.63, 3.8) is 0 Å². The van der Waals surface area contributed by atoms with Crippen LogP contribution < -0.4 is 0 Å². The summed E-state index contributed by atoms with van der Waals surface area (Å²) < 4.78 is 5.66. The van der Waals surface area contributed by atoms with E-state index in [1.165, 1.54) is 0 Å². The third-order valence-corrected chi connectivity index (χ3v) is 4.40. The van der Waals surface area contributed by atoms with Crippen LogP contribution >= 0.6 is 0 Å². The molecule has 2 rings (SSSR count). The Labute approximate surface area is 138 Å². The number of carbonyl (C=O) groups is 2. The van der Waals surface area contributed by atoms with Gasteiger partial charge in [0.05, 0.1) is 5.92 Å². The van der Waals surface area contributed by atoms with Gasteiger partial charge in [-0.3, -0.25) is 9.59 Å². The Hall–Kier alpha value is -1.84. The molecule has 23 heavy (non-hydrogen) atoms. The van der Waals surface area contributed by atoms with Gasteiger partial charge in [0.15, 0.2) is 6.10 Å². The minimum absolute atomic E-state index is 0.0275. The van der Waals surface area contributed by atoms with Crippen LogP contribution in [0.4, 0.5) is 0 Å². The zero-order chi connectivity index (χ0) is 16.8. The fourth-order valence-corrected chi connectivity index (χ4v) is 3.02. The Kier molecular flexibility index (Phi) is 6.20. The Morgan fingerprint density at radius 1 is 1.13 bits per heavy atom. The van der Waals surface area contributed by atoms with E-state index in [0.717, 1.165) is 31.5 Å². The average Bonchev–Trinajstić information content (AvgIpc) is 3.08. The second-order valence-electron chi connectivity index (χ2n) is 6.51. The van der Waals surface area contributed by atoms with Gasteiger partial charge in [0.25, 0.3) is 5.91 Å². The summed E-state index contributed by atoms with van der Waals surface area (Å²) >= 11 is 0. The molecule has 1 aliphatic rings. The lowest BCUT2D eigenvalue weighted by Crippen LogP contribution is -2.43. The summed E-state index contributed by atoms with van der Waals surface area (Å²) in [5.41, 5.74) is 0.941. The number of ether oxygens (including phenoxy) is 1. The van der Waals surface area contributed by atoms with Crippen molar-refractivity contribution >= 4 is 11.9 Å². The predicted octanol–water partition coefficient (Wildman–Crippen LogP) is 3.37. The molecule has 4 nitrogen and oxygen atoms in total. The molecule has 0 spiro atoms. The molecule has 1 aliphatic heterocycles. The number of carbonyl (C=O) groups excluding carboxylic acids is 2. The van der Waals surface area contributed by atoms with E-state index in [9.17, 15) is 9.59 Å². The van der Waals surface area contributed by atoms with Gasteiger partial charge >= 0.3 is 5.97 Å². The first-order valence-corrected chi connectivity index (χ1v) is 8.58. The molecule has 1 aromatic carbocycles. The highest BCUT2D eigenvalue weighted by Gasteiger charge is 2.33. The standard InChI is InChI=1S/C19H27NO3/c1-4-16(15-10-6-5-7-11-15)19(22)23-17(14(2)3)18(21)20-12-8-9-13-20/h5-7,10-11,14,16-17H,4,8-9,12-13H2,1-3H3. The molecule has 1 amide bonds. The number of amides is 1. The van der Waals surface area contributed by atoms with Crippen LogP contribution in [0.15, 0.2) is 30.3 Å². The molecule has 126 valence electrons. The largest absolute Gasteiger partial charge is 0.452 e. The lowest BCUT2D eigenvalue weighted by Gasteiger charge is -2.27. The number of benzene rings is 1. The number of hydrogen-bond acceptors (Lipinski definition) is 3. The molecule has 2 atom stereocenters. The van der Waals surface area contributed by atoms with Crippen molar-refractivity contribution in [2.24, 2.45) is 5.92 Å². The predicted molar refractivity (Wildman–Crippen MR) is 90.0 cm³/mol. The molecule has 0 N–H and O–H groups in total. The van der Waals surface area contributed by atoms with Gasteiger partial charge in [-0.1, -0.05) is 51.1 Å². The minimum Gasteiger partial charge on any atom is -0.452 e. The third kappa shape index (κ3) is 4.34. The third-order valence-electron chi connectivity index (χ3n) is 4.40. The summed E-state index contributed by atoms with van der Waals surface area (Å²) in [5.74, 6) is -0.692. The van der Waals surface area contributed by atoms with E-state index in [-0.39, 0.29) is 23.7 Å². The maximum Gasteiger partial charge on any atom is 0.314 e. The van der Waals surface area contributed by atoms with E-state index in [2.05, 4.69) is 0 Å². The Morgan fingerprint density at radius 2 is 1.74 bits per heavy atom. The number of nitrogens with zero attached hydrogens (tertiary/aromatic N) is 1. The van der Waals surface area contributed by atoms with E-state index >= 15 is 0 Å². The Bertz CT molecular complexity index is 521. The number of rotatable bonds is 6. The molecule has 0 radical (unpaired) electrons. The normalized spacial score (nSPS) is 17.1. The zero-order valence-corrected chi connectivity index (χ0v) is 14.3. The molecule has 0 bridgehead atoms. The zero-order valence-electron chi connectivity index (χ0n) is 14.3. The summed E-state index contributed by atoms with van der Waals surface area (Å²) in [4.78, 5) is 27.1. The van der Waals surface area contributed by atoms with Gasteiger partial charge in [-0.05, 0) is 30.7 Å². The van der Waals surface area contributed by atoms with Crippen LogP contribution in [0, 0.1) is 5.92 Å². The summed E-state index contributed by atoms with van der Waals surface area (Å²) in [6.45, 7) is 7.36. The van der Waals surface area contributed by atoms with Crippen LogP contribution in [0.1, 0.15) is 51.5 Å². The molecule has 0 aromatic heterocycles. The fourth-order valence-electron chi connectivity index (χ4n) is 3.02. The molecule has 1 fully saturated rings. The molecule has 1 aromatic rings. The SMILES string of the molecule is CCC(C(=O)OC(C(=O)N1CCCC1)C(C)C)c1ccccc1. The molecule has 4 heteroatoms. The fraction of sp³-hybridized carbons (Fsp3) is 0.579. The maximum atomic E-state index is 12.6. The number of likely N-dealkylation sites (tertiary alicyclic amines) is 1. The van der Waals surface area contributed by atoms with Gasteiger partial charge < -0.3 is 9.64 Å². The lowest BCUT2D eigenvalue weighted by molar-refractivity contribution is -0.164. The van der Waals surface area contributed by atoms with Crippen LogP contribution in [-0.2, 0) is 14.3 Å². The van der Waals surface area contributed by atoms with E-state index in [1.54, 1.807) is 0 Å². The van der Waals surface area contributed by atoms with Crippen LogP contribution in [-0.4, -0.2) is 36.0 Å². The first kappa shape index (κ1) is 17.5. The molecule has 0 saturated carbocycles. The van der Waals surface area contributed by atoms with Crippen LogP contribution in [0.5, 0.6) is 0 Å². The van der Waals surface area contributed by atoms with Crippen molar-refractivity contribution < 1.29 is 14.3 Å². The van der Waals surface area contributed by atoms with Gasteiger partial charge in [0.1, 0.15) is 0 Å². The molecule has 2 unspecified atom stereocenters. The number of hydrogen-bond donors (Lipinski definition) is 0. The van der Waals surface area contributed by atoms with Gasteiger partial charge in [0.2, 0.25) is 0 Å². The quantitative estimate of drug-likeness (QED) is 0.756. The summed E-state index contributed by atoms with van der Waals surface area (Å²) in [7, 11) is 0. The van der Waals surface area contributed by atoms with Gasteiger partial charge in [-0.25, -0.2) is 0 Å². The van der Waals surface area contributed by atoms with Crippen molar-refractivity contribution in [3.8, 4) is 0 Å². The average molecular weight is 317 g/mol. The van der Waals surface area contributed by atoms with Crippen molar-refractivity contribution in [2.75, 3.05) is 13.1 Å². The van der Waals surface area contributed by atoms with Crippen LogP contribution in [0.3, 0.4) is 0 Å². The first-order chi connectivity index (χ1) is 11.0. The second-order valence-corrected chi connectivity index (χ2v) is 6.51. The summed E-state index contributed by atoms with van der Waals surface area (Å²) in [5, 5.41) is 0. The topological polar surface area (TPSA) is 46.6 Å².